The van der Waals surface area contributed by atoms with Crippen molar-refractivity contribution in [3.05, 3.63) is 95.0 Å². The van der Waals surface area contributed by atoms with E-state index >= 15 is 0 Å². The number of halogens is 2. The molecule has 0 N–H and O–H groups in total. The van der Waals surface area contributed by atoms with E-state index in [-0.39, 0.29) is 10.8 Å². The highest BCUT2D eigenvalue weighted by Crippen LogP contribution is 2.23. The fourth-order valence-electron chi connectivity index (χ4n) is 2.10. The van der Waals surface area contributed by atoms with Crippen molar-refractivity contribution in [2.24, 2.45) is 4.99 Å². The second kappa shape index (κ2) is 6.50. The SMILES string of the molecule is Fc1cnc(Cl)cc1N=C(c1ccccc1)c1ccccc1. The molecular formula is C18H12ClFN2. The number of rotatable bonds is 3. The summed E-state index contributed by atoms with van der Waals surface area (Å²) in [7, 11) is 0. The van der Waals surface area contributed by atoms with Gasteiger partial charge in [-0.15, -0.1) is 0 Å². The molecule has 0 bridgehead atoms. The van der Waals surface area contributed by atoms with Crippen LogP contribution < -0.4 is 0 Å². The van der Waals surface area contributed by atoms with Gasteiger partial charge in [-0.25, -0.2) is 14.4 Å². The number of nitrogens with zero attached hydrogens (tertiary/aromatic N) is 2. The topological polar surface area (TPSA) is 25.2 Å². The third kappa shape index (κ3) is 3.21. The second-order valence-electron chi connectivity index (χ2n) is 4.65. The first-order valence-corrected chi connectivity index (χ1v) is 7.12. The molecule has 0 aliphatic heterocycles. The molecule has 0 radical (unpaired) electrons. The lowest BCUT2D eigenvalue weighted by atomic mass is 10.0. The van der Waals surface area contributed by atoms with Gasteiger partial charge in [-0.3, -0.25) is 0 Å². The lowest BCUT2D eigenvalue weighted by Gasteiger charge is -2.08. The molecule has 1 heterocycles. The van der Waals surface area contributed by atoms with Crippen LogP contribution in [-0.4, -0.2) is 10.7 Å². The second-order valence-corrected chi connectivity index (χ2v) is 5.04. The predicted molar refractivity (Wildman–Crippen MR) is 87.4 cm³/mol. The summed E-state index contributed by atoms with van der Waals surface area (Å²) in [5.74, 6) is -0.506. The third-order valence-corrected chi connectivity index (χ3v) is 3.34. The van der Waals surface area contributed by atoms with E-state index in [2.05, 4.69) is 9.98 Å². The normalized spacial score (nSPS) is 10.3. The molecule has 2 nitrogen and oxygen atoms in total. The van der Waals surface area contributed by atoms with Crippen LogP contribution in [0.15, 0.2) is 77.9 Å². The molecule has 1 aromatic heterocycles. The van der Waals surface area contributed by atoms with E-state index in [0.29, 0.717) is 5.71 Å². The van der Waals surface area contributed by atoms with Gasteiger partial charge in [0.05, 0.1) is 11.9 Å². The molecule has 3 rings (SSSR count). The Bertz CT molecular complexity index is 760. The largest absolute Gasteiger partial charge is 0.245 e. The Balaban J connectivity index is 2.18. The van der Waals surface area contributed by atoms with Gasteiger partial charge in [0, 0.05) is 17.2 Å². The van der Waals surface area contributed by atoms with Crippen LogP contribution in [0.4, 0.5) is 10.1 Å². The third-order valence-electron chi connectivity index (χ3n) is 3.13. The summed E-state index contributed by atoms with van der Waals surface area (Å²) in [6.45, 7) is 0. The number of hydrogen-bond donors (Lipinski definition) is 0. The average Bonchev–Trinajstić information content (AvgIpc) is 2.57. The minimum Gasteiger partial charge on any atom is -0.245 e. The van der Waals surface area contributed by atoms with Crippen molar-refractivity contribution >= 4 is 23.0 Å². The number of benzene rings is 2. The Hall–Kier alpha value is -2.52. The van der Waals surface area contributed by atoms with E-state index in [1.165, 1.54) is 6.07 Å². The highest BCUT2D eigenvalue weighted by molar-refractivity contribution is 6.29. The van der Waals surface area contributed by atoms with Crippen molar-refractivity contribution in [2.75, 3.05) is 0 Å². The Labute approximate surface area is 132 Å². The highest BCUT2D eigenvalue weighted by atomic mass is 35.5. The first-order chi connectivity index (χ1) is 10.7. The number of aliphatic imine (C=N–C) groups is 1. The zero-order chi connectivity index (χ0) is 15.4. The molecule has 4 heteroatoms. The van der Waals surface area contributed by atoms with Crippen LogP contribution in [0.25, 0.3) is 0 Å². The first-order valence-electron chi connectivity index (χ1n) is 6.74. The molecule has 0 saturated heterocycles. The van der Waals surface area contributed by atoms with Crippen LogP contribution in [0.3, 0.4) is 0 Å². The maximum atomic E-state index is 13.9. The van der Waals surface area contributed by atoms with Crippen molar-refractivity contribution in [1.29, 1.82) is 0 Å². The van der Waals surface area contributed by atoms with Gasteiger partial charge in [0.1, 0.15) is 10.8 Å². The quantitative estimate of drug-likeness (QED) is 0.491. The van der Waals surface area contributed by atoms with E-state index in [9.17, 15) is 4.39 Å². The summed E-state index contributed by atoms with van der Waals surface area (Å²) < 4.78 is 13.9. The summed E-state index contributed by atoms with van der Waals surface area (Å²) in [6, 6.07) is 20.7. The van der Waals surface area contributed by atoms with Crippen molar-refractivity contribution in [3.8, 4) is 0 Å². The lowest BCUT2D eigenvalue weighted by Crippen LogP contribution is -2.03. The van der Waals surface area contributed by atoms with Crippen molar-refractivity contribution in [1.82, 2.24) is 4.98 Å². The van der Waals surface area contributed by atoms with Gasteiger partial charge in [0.25, 0.3) is 0 Å². The van der Waals surface area contributed by atoms with Crippen LogP contribution in [0.1, 0.15) is 11.1 Å². The lowest BCUT2D eigenvalue weighted by molar-refractivity contribution is 0.623. The Morgan fingerprint density at radius 2 is 1.45 bits per heavy atom. The fraction of sp³-hybridized carbons (Fsp3) is 0. The first kappa shape index (κ1) is 14.4. The molecule has 0 aliphatic rings. The molecule has 0 atom stereocenters. The van der Waals surface area contributed by atoms with E-state index < -0.39 is 5.82 Å². The van der Waals surface area contributed by atoms with E-state index in [4.69, 9.17) is 11.6 Å². The molecule has 108 valence electrons. The maximum Gasteiger partial charge on any atom is 0.167 e. The average molecular weight is 311 g/mol. The minimum absolute atomic E-state index is 0.169. The Kier molecular flexibility index (Phi) is 4.26. The van der Waals surface area contributed by atoms with Gasteiger partial charge in [0.2, 0.25) is 0 Å². The van der Waals surface area contributed by atoms with Gasteiger partial charge >= 0.3 is 0 Å². The molecule has 0 amide bonds. The molecule has 3 aromatic rings. The van der Waals surface area contributed by atoms with E-state index in [1.54, 1.807) is 0 Å². The van der Waals surface area contributed by atoms with Crippen molar-refractivity contribution in [3.63, 3.8) is 0 Å². The van der Waals surface area contributed by atoms with Crippen LogP contribution in [0, 0.1) is 5.82 Å². The van der Waals surface area contributed by atoms with Crippen LogP contribution >= 0.6 is 11.6 Å². The zero-order valence-corrected chi connectivity index (χ0v) is 12.3. The summed E-state index contributed by atoms with van der Waals surface area (Å²) in [5.41, 5.74) is 2.66. The summed E-state index contributed by atoms with van der Waals surface area (Å²) in [5, 5.41) is 0.209. The Morgan fingerprint density at radius 3 is 2.00 bits per heavy atom. The number of pyridine rings is 1. The molecular weight excluding hydrogens is 299 g/mol. The van der Waals surface area contributed by atoms with Crippen molar-refractivity contribution < 1.29 is 4.39 Å². The predicted octanol–water partition coefficient (Wildman–Crippen LogP) is 5.04. The van der Waals surface area contributed by atoms with Gasteiger partial charge in [0.15, 0.2) is 5.82 Å². The van der Waals surface area contributed by atoms with Crippen molar-refractivity contribution in [2.45, 2.75) is 0 Å². The number of aromatic nitrogens is 1. The molecule has 0 unspecified atom stereocenters. The Morgan fingerprint density at radius 1 is 0.909 bits per heavy atom. The van der Waals surface area contributed by atoms with Gasteiger partial charge in [-0.1, -0.05) is 72.3 Å². The smallest absolute Gasteiger partial charge is 0.167 e. The monoisotopic (exact) mass is 310 g/mol. The minimum atomic E-state index is -0.506. The zero-order valence-electron chi connectivity index (χ0n) is 11.6. The van der Waals surface area contributed by atoms with E-state index in [0.717, 1.165) is 17.3 Å². The van der Waals surface area contributed by atoms with Gasteiger partial charge in [-0.2, -0.15) is 0 Å². The summed E-state index contributed by atoms with van der Waals surface area (Å²) in [6.07, 6.45) is 1.08. The molecule has 0 saturated carbocycles. The van der Waals surface area contributed by atoms with Crippen LogP contribution in [0.5, 0.6) is 0 Å². The molecule has 0 aliphatic carbocycles. The number of hydrogen-bond acceptors (Lipinski definition) is 2. The molecule has 2 aromatic carbocycles. The van der Waals surface area contributed by atoms with Gasteiger partial charge in [-0.05, 0) is 0 Å². The van der Waals surface area contributed by atoms with Gasteiger partial charge < -0.3 is 0 Å². The summed E-state index contributed by atoms with van der Waals surface area (Å²) >= 11 is 5.85. The molecule has 0 fully saturated rings. The van der Waals surface area contributed by atoms with E-state index in [1.807, 2.05) is 60.7 Å². The standard InChI is InChI=1S/C18H12ClFN2/c19-17-11-16(15(20)12-21-17)22-18(13-7-3-1-4-8-13)14-9-5-2-6-10-14/h1-12H. The maximum absolute atomic E-state index is 13.9. The highest BCUT2D eigenvalue weighted by Gasteiger charge is 2.09. The van der Waals surface area contributed by atoms with Crippen LogP contribution in [-0.2, 0) is 0 Å². The summed E-state index contributed by atoms with van der Waals surface area (Å²) in [4.78, 5) is 8.19. The molecule has 22 heavy (non-hydrogen) atoms. The molecule has 0 spiro atoms. The van der Waals surface area contributed by atoms with Crippen LogP contribution in [0.2, 0.25) is 5.15 Å². The fourth-order valence-corrected chi connectivity index (χ4v) is 2.25.